The summed E-state index contributed by atoms with van der Waals surface area (Å²) in [6.45, 7) is 0. The molecule has 0 aliphatic heterocycles. The molecule has 0 atom stereocenters. The van der Waals surface area contributed by atoms with E-state index in [0.717, 1.165) is 0 Å². The predicted octanol–water partition coefficient (Wildman–Crippen LogP) is 6.13. The van der Waals surface area contributed by atoms with Gasteiger partial charge in [0.2, 0.25) is 0 Å². The van der Waals surface area contributed by atoms with Gasteiger partial charge < -0.3 is 4.74 Å². The monoisotopic (exact) mass is 540 g/mol. The van der Waals surface area contributed by atoms with Crippen molar-refractivity contribution in [3.05, 3.63) is 12.1 Å². The van der Waals surface area contributed by atoms with Crippen LogP contribution in [0.1, 0.15) is 0 Å². The number of ether oxygens (including phenoxy) is 2. The van der Waals surface area contributed by atoms with Crippen molar-refractivity contribution in [2.75, 3.05) is 0 Å². The molecule has 156 valence electrons. The Hall–Kier alpha value is -0.820. The number of alkyl halides is 13. The van der Waals surface area contributed by atoms with Crippen LogP contribution < -0.4 is 0 Å². The SMILES string of the molecule is FC(F)=C(F)OC(F)(F)C(F)(F)C(F)(F)C(F)(F)OC(F)(F)C(F)(F)I. The summed E-state index contributed by atoms with van der Waals surface area (Å²) < 4.78 is 185. The molecule has 0 bridgehead atoms. The second kappa shape index (κ2) is 6.97. The van der Waals surface area contributed by atoms with E-state index in [4.69, 9.17) is 0 Å². The number of halogens is 16. The molecule has 0 aliphatic carbocycles. The molecule has 0 aromatic carbocycles. The molecule has 0 unspecified atom stereocenters. The highest BCUT2D eigenvalue weighted by molar-refractivity contribution is 14.1. The van der Waals surface area contributed by atoms with Crippen molar-refractivity contribution in [3.8, 4) is 0 Å². The van der Waals surface area contributed by atoms with Gasteiger partial charge in [0, 0.05) is 22.6 Å². The lowest BCUT2D eigenvalue weighted by Crippen LogP contribution is -2.65. The van der Waals surface area contributed by atoms with Crippen LogP contribution in [0.15, 0.2) is 12.1 Å². The van der Waals surface area contributed by atoms with Crippen LogP contribution in [0.4, 0.5) is 65.9 Å². The third kappa shape index (κ3) is 4.53. The molecule has 0 fully saturated rings. The van der Waals surface area contributed by atoms with E-state index in [-0.39, 0.29) is 0 Å². The molecule has 0 saturated heterocycles. The van der Waals surface area contributed by atoms with Gasteiger partial charge in [-0.3, -0.25) is 0 Å². The van der Waals surface area contributed by atoms with Crippen LogP contribution in [0.3, 0.4) is 0 Å². The Morgan fingerprint density at radius 3 is 1.23 bits per heavy atom. The van der Waals surface area contributed by atoms with E-state index >= 15 is 0 Å². The lowest BCUT2D eigenvalue weighted by Gasteiger charge is -2.36. The van der Waals surface area contributed by atoms with E-state index in [9.17, 15) is 65.9 Å². The van der Waals surface area contributed by atoms with E-state index < -0.39 is 68.8 Å². The smallest absolute Gasteiger partial charge is 0.397 e. The molecule has 0 aromatic heterocycles. The highest BCUT2D eigenvalue weighted by Gasteiger charge is 2.85. The Morgan fingerprint density at radius 1 is 0.577 bits per heavy atom. The maximum atomic E-state index is 13.0. The normalized spacial score (nSPS) is 15.1. The molecular formula is C8F15IO2. The second-order valence-corrected chi connectivity index (χ2v) is 5.29. The van der Waals surface area contributed by atoms with Crippen LogP contribution >= 0.6 is 22.6 Å². The first-order chi connectivity index (χ1) is 11.0. The van der Waals surface area contributed by atoms with Gasteiger partial charge in [0.25, 0.3) is 0 Å². The highest BCUT2D eigenvalue weighted by atomic mass is 127. The Morgan fingerprint density at radius 2 is 0.923 bits per heavy atom. The van der Waals surface area contributed by atoms with Gasteiger partial charge in [0.05, 0.1) is 0 Å². The first-order valence-electron chi connectivity index (χ1n) is 5.09. The van der Waals surface area contributed by atoms with Crippen LogP contribution in [-0.4, -0.2) is 34.1 Å². The maximum Gasteiger partial charge on any atom is 0.473 e. The summed E-state index contributed by atoms with van der Waals surface area (Å²) in [6.07, 6.45) is -25.2. The van der Waals surface area contributed by atoms with Gasteiger partial charge in [-0.15, -0.1) is 0 Å². The second-order valence-electron chi connectivity index (χ2n) is 3.94. The van der Waals surface area contributed by atoms with Crippen LogP contribution in [0.25, 0.3) is 0 Å². The molecule has 0 N–H and O–H groups in total. The molecule has 0 aromatic rings. The van der Waals surface area contributed by atoms with Crippen LogP contribution in [0.2, 0.25) is 0 Å². The van der Waals surface area contributed by atoms with Gasteiger partial charge in [0.15, 0.2) is 0 Å². The molecule has 26 heavy (non-hydrogen) atoms. The molecule has 0 aliphatic rings. The first-order valence-corrected chi connectivity index (χ1v) is 6.17. The largest absolute Gasteiger partial charge is 0.473 e. The average Bonchev–Trinajstić information content (AvgIpc) is 2.34. The Bertz CT molecular complexity index is 546. The fraction of sp³-hybridized carbons (Fsp3) is 0.750. The fourth-order valence-corrected chi connectivity index (χ4v) is 0.974. The van der Waals surface area contributed by atoms with Crippen LogP contribution in [0.5, 0.6) is 0 Å². The molecule has 18 heteroatoms. The van der Waals surface area contributed by atoms with Gasteiger partial charge >= 0.3 is 46.2 Å². The highest BCUT2D eigenvalue weighted by Crippen LogP contribution is 2.56. The summed E-state index contributed by atoms with van der Waals surface area (Å²) in [5, 5.41) is 0. The zero-order valence-corrected chi connectivity index (χ0v) is 13.0. The standard InChI is InChI=1S/C8F15IO2/c9-1(10)2(11)25-6(18,19)3(12,13)4(14,15)7(20,21)26-8(22,23)5(16,17)24. The number of hydrogen-bond acceptors (Lipinski definition) is 2. The van der Waals surface area contributed by atoms with Crippen molar-refractivity contribution in [1.29, 1.82) is 0 Å². The van der Waals surface area contributed by atoms with Crippen LogP contribution in [0, 0.1) is 0 Å². The summed E-state index contributed by atoms with van der Waals surface area (Å²) in [4.78, 5) is 0. The average molecular weight is 540 g/mol. The summed E-state index contributed by atoms with van der Waals surface area (Å²) >= 11 is -0.638. The molecule has 0 rings (SSSR count). The Balaban J connectivity index is 5.99. The molecule has 0 radical (unpaired) electrons. The van der Waals surface area contributed by atoms with Crippen molar-refractivity contribution >= 4 is 22.6 Å². The fourth-order valence-electron chi connectivity index (χ4n) is 0.864. The molecular weight excluding hydrogens is 540 g/mol. The third-order valence-corrected chi connectivity index (χ3v) is 2.71. The zero-order chi connectivity index (χ0) is 21.6. The molecule has 0 heterocycles. The minimum absolute atomic E-state index is 0.638. The van der Waals surface area contributed by atoms with Gasteiger partial charge in [-0.25, -0.2) is 4.74 Å². The molecule has 0 spiro atoms. The molecule has 2 nitrogen and oxygen atoms in total. The van der Waals surface area contributed by atoms with E-state index in [1.54, 1.807) is 4.74 Å². The Kier molecular flexibility index (Phi) is 6.75. The van der Waals surface area contributed by atoms with E-state index in [2.05, 4.69) is 0 Å². The minimum Gasteiger partial charge on any atom is -0.397 e. The third-order valence-electron chi connectivity index (χ3n) is 2.08. The zero-order valence-electron chi connectivity index (χ0n) is 10.9. The van der Waals surface area contributed by atoms with E-state index in [1.807, 2.05) is 4.74 Å². The molecule has 0 amide bonds. The lowest BCUT2D eigenvalue weighted by atomic mass is 10.1. The predicted molar refractivity (Wildman–Crippen MR) is 56.2 cm³/mol. The van der Waals surface area contributed by atoms with Crippen LogP contribution in [-0.2, 0) is 9.47 Å². The topological polar surface area (TPSA) is 18.5 Å². The van der Waals surface area contributed by atoms with Crippen molar-refractivity contribution in [2.24, 2.45) is 0 Å². The van der Waals surface area contributed by atoms with Gasteiger partial charge in [-0.1, -0.05) is 0 Å². The van der Waals surface area contributed by atoms with Crippen molar-refractivity contribution in [1.82, 2.24) is 0 Å². The first kappa shape index (κ1) is 25.2. The summed E-state index contributed by atoms with van der Waals surface area (Å²) in [7, 11) is 0. The van der Waals surface area contributed by atoms with Crippen molar-refractivity contribution in [3.63, 3.8) is 0 Å². The van der Waals surface area contributed by atoms with E-state index in [1.165, 1.54) is 0 Å². The van der Waals surface area contributed by atoms with Crippen molar-refractivity contribution in [2.45, 2.75) is 34.1 Å². The summed E-state index contributed by atoms with van der Waals surface area (Å²) in [6, 6.07) is -3.90. The quantitative estimate of drug-likeness (QED) is 0.160. The Labute approximate surface area is 145 Å². The van der Waals surface area contributed by atoms with Crippen molar-refractivity contribution < 1.29 is 75.3 Å². The van der Waals surface area contributed by atoms with E-state index in [0.29, 0.717) is 0 Å². The van der Waals surface area contributed by atoms with Gasteiger partial charge in [-0.05, 0) is 0 Å². The minimum atomic E-state index is -7.79. The maximum absolute atomic E-state index is 13.0. The number of hydrogen-bond donors (Lipinski definition) is 0. The number of rotatable bonds is 8. The summed E-state index contributed by atoms with van der Waals surface area (Å²) in [5.74, 6) is -15.5. The lowest BCUT2D eigenvalue weighted by molar-refractivity contribution is -0.500. The van der Waals surface area contributed by atoms with Gasteiger partial charge in [-0.2, -0.15) is 65.9 Å². The van der Waals surface area contributed by atoms with Gasteiger partial charge in [0.1, 0.15) is 0 Å². The molecule has 0 saturated carbocycles. The summed E-state index contributed by atoms with van der Waals surface area (Å²) in [5.41, 5.74) is 0.